The van der Waals surface area contributed by atoms with E-state index >= 15 is 0 Å². The molecule has 1 heterocycles. The summed E-state index contributed by atoms with van der Waals surface area (Å²) < 4.78 is 0. The number of rotatable bonds is 3. The van der Waals surface area contributed by atoms with Crippen LogP contribution in [0, 0.1) is 0 Å². The highest BCUT2D eigenvalue weighted by Gasteiger charge is 2.23. The first-order valence-corrected chi connectivity index (χ1v) is 5.75. The van der Waals surface area contributed by atoms with Crippen molar-refractivity contribution >= 4 is 29.0 Å². The number of amidine groups is 1. The smallest absolute Gasteiger partial charge is 0.267 e. The molecule has 1 aliphatic rings. The normalized spacial score (nSPS) is 14.7. The van der Waals surface area contributed by atoms with Crippen molar-refractivity contribution in [3.8, 4) is 0 Å². The SMILES string of the molecule is CC(=O)C1=NCC(=O)N(c2ccc(C(C)=O)cc2)N1. The molecule has 1 aromatic rings. The van der Waals surface area contributed by atoms with E-state index in [0.717, 1.165) is 0 Å². The molecule has 0 saturated heterocycles. The van der Waals surface area contributed by atoms with Gasteiger partial charge in [-0.05, 0) is 31.2 Å². The van der Waals surface area contributed by atoms with Gasteiger partial charge >= 0.3 is 0 Å². The van der Waals surface area contributed by atoms with Gasteiger partial charge in [-0.25, -0.2) is 5.01 Å². The van der Waals surface area contributed by atoms with Crippen LogP contribution in [0.3, 0.4) is 0 Å². The third-order valence-corrected chi connectivity index (χ3v) is 2.71. The van der Waals surface area contributed by atoms with Gasteiger partial charge in [0.25, 0.3) is 5.91 Å². The van der Waals surface area contributed by atoms with Crippen LogP contribution < -0.4 is 10.4 Å². The van der Waals surface area contributed by atoms with Crippen molar-refractivity contribution < 1.29 is 14.4 Å². The summed E-state index contributed by atoms with van der Waals surface area (Å²) in [5.41, 5.74) is 3.79. The minimum atomic E-state index is -0.263. The Hall–Kier alpha value is -2.50. The largest absolute Gasteiger partial charge is 0.295 e. The minimum absolute atomic E-state index is 0.0459. The predicted octanol–water partition coefficient (Wildman–Crippen LogP) is 0.728. The molecule has 1 aliphatic heterocycles. The van der Waals surface area contributed by atoms with Crippen LogP contribution in [-0.4, -0.2) is 29.9 Å². The molecule has 0 spiro atoms. The van der Waals surface area contributed by atoms with Crippen molar-refractivity contribution in [1.29, 1.82) is 0 Å². The second-order valence-corrected chi connectivity index (χ2v) is 4.17. The molecule has 1 amide bonds. The predicted molar refractivity (Wildman–Crippen MR) is 70.1 cm³/mol. The zero-order valence-electron chi connectivity index (χ0n) is 10.6. The number of nitrogens with one attached hydrogen (secondary N) is 1. The highest BCUT2D eigenvalue weighted by molar-refractivity contribution is 6.39. The fourth-order valence-electron chi connectivity index (χ4n) is 1.66. The number of hydrogen-bond acceptors (Lipinski definition) is 5. The zero-order valence-corrected chi connectivity index (χ0v) is 10.6. The summed E-state index contributed by atoms with van der Waals surface area (Å²) in [5.74, 6) is -0.399. The molecule has 0 unspecified atom stereocenters. The molecule has 0 saturated carbocycles. The quantitative estimate of drug-likeness (QED) is 0.811. The number of aliphatic imine (C=N–C) groups is 1. The summed E-state index contributed by atoms with van der Waals surface area (Å²) in [4.78, 5) is 38.0. The average Bonchev–Trinajstić information content (AvgIpc) is 2.39. The minimum Gasteiger partial charge on any atom is -0.295 e. The number of Topliss-reactive ketones (excluding diaryl/α,β-unsaturated/α-hetero) is 2. The van der Waals surface area contributed by atoms with Gasteiger partial charge in [0.05, 0.1) is 5.69 Å². The van der Waals surface area contributed by atoms with Crippen LogP contribution in [0.4, 0.5) is 5.69 Å². The van der Waals surface area contributed by atoms with E-state index in [4.69, 9.17) is 0 Å². The molecule has 0 bridgehead atoms. The van der Waals surface area contributed by atoms with Crippen LogP contribution in [0.15, 0.2) is 29.3 Å². The van der Waals surface area contributed by atoms with Gasteiger partial charge in [-0.2, -0.15) is 0 Å². The lowest BCUT2D eigenvalue weighted by Crippen LogP contribution is -2.53. The van der Waals surface area contributed by atoms with Gasteiger partial charge in [-0.3, -0.25) is 24.8 Å². The first-order valence-electron chi connectivity index (χ1n) is 5.75. The molecule has 2 rings (SSSR count). The van der Waals surface area contributed by atoms with Crippen molar-refractivity contribution in [3.63, 3.8) is 0 Å². The van der Waals surface area contributed by atoms with E-state index in [2.05, 4.69) is 10.4 Å². The summed E-state index contributed by atoms with van der Waals surface area (Å²) >= 11 is 0. The van der Waals surface area contributed by atoms with Crippen molar-refractivity contribution in [2.45, 2.75) is 13.8 Å². The Morgan fingerprint density at radius 2 is 1.79 bits per heavy atom. The zero-order chi connectivity index (χ0) is 14.0. The molecule has 98 valence electrons. The number of carbonyl (C=O) groups is 3. The number of amides is 1. The average molecular weight is 259 g/mol. The Labute approximate surface area is 110 Å². The van der Waals surface area contributed by atoms with Gasteiger partial charge in [-0.1, -0.05) is 0 Å². The Morgan fingerprint density at radius 3 is 2.32 bits per heavy atom. The van der Waals surface area contributed by atoms with Gasteiger partial charge in [0, 0.05) is 12.5 Å². The number of hydrazine groups is 1. The summed E-state index contributed by atoms with van der Waals surface area (Å²) in [5, 5.41) is 1.26. The molecule has 0 radical (unpaired) electrons. The van der Waals surface area contributed by atoms with E-state index in [1.807, 2.05) is 0 Å². The fourth-order valence-corrected chi connectivity index (χ4v) is 1.66. The highest BCUT2D eigenvalue weighted by Crippen LogP contribution is 2.15. The first kappa shape index (κ1) is 12.9. The van der Waals surface area contributed by atoms with Crippen molar-refractivity contribution in [2.24, 2.45) is 4.99 Å². The van der Waals surface area contributed by atoms with Gasteiger partial charge in [0.15, 0.2) is 17.4 Å². The van der Waals surface area contributed by atoms with Crippen LogP contribution in [0.1, 0.15) is 24.2 Å². The summed E-state index contributed by atoms with van der Waals surface area (Å²) in [7, 11) is 0. The molecule has 6 heteroatoms. The number of carbonyl (C=O) groups excluding carboxylic acids is 3. The second kappa shape index (κ2) is 5.01. The summed E-state index contributed by atoms with van der Waals surface area (Å²) in [6.07, 6.45) is 0. The molecule has 0 atom stereocenters. The van der Waals surface area contributed by atoms with Crippen LogP contribution in [-0.2, 0) is 9.59 Å². The van der Waals surface area contributed by atoms with Gasteiger partial charge in [0.2, 0.25) is 0 Å². The number of nitrogens with zero attached hydrogens (tertiary/aromatic N) is 2. The number of anilines is 1. The number of ketones is 2. The molecular formula is C13H13N3O3. The van der Waals surface area contributed by atoms with E-state index in [1.165, 1.54) is 18.9 Å². The maximum absolute atomic E-state index is 11.8. The monoisotopic (exact) mass is 259 g/mol. The maximum Gasteiger partial charge on any atom is 0.267 e. The van der Waals surface area contributed by atoms with Gasteiger partial charge < -0.3 is 0 Å². The van der Waals surface area contributed by atoms with E-state index in [9.17, 15) is 14.4 Å². The Bertz CT molecular complexity index is 575. The molecule has 19 heavy (non-hydrogen) atoms. The van der Waals surface area contributed by atoms with Crippen LogP contribution in [0.2, 0.25) is 0 Å². The van der Waals surface area contributed by atoms with Gasteiger partial charge in [0.1, 0.15) is 6.54 Å². The van der Waals surface area contributed by atoms with E-state index in [0.29, 0.717) is 11.3 Å². The summed E-state index contributed by atoms with van der Waals surface area (Å²) in [6.45, 7) is 2.77. The lowest BCUT2D eigenvalue weighted by molar-refractivity contribution is -0.118. The lowest BCUT2D eigenvalue weighted by atomic mass is 10.1. The Balaban J connectivity index is 2.26. The Morgan fingerprint density at radius 1 is 1.16 bits per heavy atom. The molecule has 1 aromatic carbocycles. The van der Waals surface area contributed by atoms with Crippen molar-refractivity contribution in [1.82, 2.24) is 5.43 Å². The third kappa shape index (κ3) is 2.67. The first-order chi connectivity index (χ1) is 8.99. The van der Waals surface area contributed by atoms with Crippen LogP contribution >= 0.6 is 0 Å². The lowest BCUT2D eigenvalue weighted by Gasteiger charge is -2.27. The fraction of sp³-hybridized carbons (Fsp3) is 0.231. The van der Waals surface area contributed by atoms with Crippen molar-refractivity contribution in [3.05, 3.63) is 29.8 Å². The van der Waals surface area contributed by atoms with E-state index in [1.54, 1.807) is 24.3 Å². The van der Waals surface area contributed by atoms with Crippen LogP contribution in [0.25, 0.3) is 0 Å². The molecular weight excluding hydrogens is 246 g/mol. The topological polar surface area (TPSA) is 78.8 Å². The molecule has 1 N–H and O–H groups in total. The molecule has 6 nitrogen and oxygen atoms in total. The van der Waals surface area contributed by atoms with Gasteiger partial charge in [-0.15, -0.1) is 0 Å². The van der Waals surface area contributed by atoms with Crippen LogP contribution in [0.5, 0.6) is 0 Å². The van der Waals surface area contributed by atoms with Crippen molar-refractivity contribution in [2.75, 3.05) is 11.6 Å². The van der Waals surface area contributed by atoms with E-state index in [-0.39, 0.29) is 29.9 Å². The highest BCUT2D eigenvalue weighted by atomic mass is 16.2. The second-order valence-electron chi connectivity index (χ2n) is 4.17. The number of hydrogen-bond donors (Lipinski definition) is 1. The third-order valence-electron chi connectivity index (χ3n) is 2.71. The molecule has 0 aliphatic carbocycles. The Kier molecular flexibility index (Phi) is 3.41. The molecule has 0 fully saturated rings. The molecule has 0 aromatic heterocycles. The summed E-state index contributed by atoms with van der Waals surface area (Å²) in [6, 6.07) is 6.55. The number of benzene rings is 1. The van der Waals surface area contributed by atoms with E-state index < -0.39 is 0 Å². The standard InChI is InChI=1S/C13H13N3O3/c1-8(17)10-3-5-11(6-4-10)16-12(19)7-14-13(15-16)9(2)18/h3-6H,7H2,1-2H3,(H,14,15). The maximum atomic E-state index is 11.8.